The van der Waals surface area contributed by atoms with Crippen LogP contribution in [-0.2, 0) is 4.74 Å². The van der Waals surface area contributed by atoms with Crippen LogP contribution in [0.1, 0.15) is 6.92 Å². The van der Waals surface area contributed by atoms with Crippen LogP contribution < -0.4 is 15.4 Å². The van der Waals surface area contributed by atoms with E-state index in [0.29, 0.717) is 28.9 Å². The fourth-order valence-corrected chi connectivity index (χ4v) is 1.98. The Balaban J connectivity index is 2.02. The summed E-state index contributed by atoms with van der Waals surface area (Å²) in [6, 6.07) is 8.79. The summed E-state index contributed by atoms with van der Waals surface area (Å²) in [7, 11) is 1.56. The molecular formula is C15H16ClN3O3. The van der Waals surface area contributed by atoms with Gasteiger partial charge in [0, 0.05) is 5.69 Å². The van der Waals surface area contributed by atoms with Crippen molar-refractivity contribution in [2.45, 2.75) is 6.92 Å². The zero-order valence-electron chi connectivity index (χ0n) is 12.2. The van der Waals surface area contributed by atoms with Gasteiger partial charge in [-0.05, 0) is 37.3 Å². The molecule has 0 radical (unpaired) electrons. The second kappa shape index (κ2) is 7.51. The highest BCUT2D eigenvalue weighted by atomic mass is 35.5. The lowest BCUT2D eigenvalue weighted by Gasteiger charge is -2.09. The maximum Gasteiger partial charge on any atom is 0.411 e. The van der Waals surface area contributed by atoms with Gasteiger partial charge in [0.1, 0.15) is 11.6 Å². The van der Waals surface area contributed by atoms with Crippen molar-refractivity contribution in [3.8, 4) is 5.75 Å². The molecule has 2 N–H and O–H groups in total. The molecule has 0 aliphatic heterocycles. The van der Waals surface area contributed by atoms with Gasteiger partial charge in [0.25, 0.3) is 0 Å². The second-order valence-electron chi connectivity index (χ2n) is 4.25. The Bertz CT molecular complexity index is 647. The first-order valence-corrected chi connectivity index (χ1v) is 7.00. The molecule has 1 aromatic carbocycles. The second-order valence-corrected chi connectivity index (χ2v) is 4.66. The highest BCUT2D eigenvalue weighted by Crippen LogP contribution is 2.28. The summed E-state index contributed by atoms with van der Waals surface area (Å²) in [5.41, 5.74) is 1.33. The molecule has 0 atom stereocenters. The number of nitrogens with zero attached hydrogens (tertiary/aromatic N) is 1. The van der Waals surface area contributed by atoms with E-state index in [1.54, 1.807) is 38.3 Å². The van der Waals surface area contributed by atoms with Crippen molar-refractivity contribution in [2.75, 3.05) is 24.4 Å². The minimum Gasteiger partial charge on any atom is -0.495 e. The van der Waals surface area contributed by atoms with Crippen molar-refractivity contribution in [2.24, 2.45) is 0 Å². The number of amides is 1. The van der Waals surface area contributed by atoms with Crippen molar-refractivity contribution < 1.29 is 14.3 Å². The topological polar surface area (TPSA) is 72.5 Å². The van der Waals surface area contributed by atoms with Gasteiger partial charge in [-0.1, -0.05) is 11.6 Å². The van der Waals surface area contributed by atoms with Crippen LogP contribution in [0.5, 0.6) is 5.75 Å². The first kappa shape index (κ1) is 15.9. The van der Waals surface area contributed by atoms with Gasteiger partial charge in [-0.15, -0.1) is 0 Å². The molecule has 1 aromatic heterocycles. The van der Waals surface area contributed by atoms with Crippen LogP contribution in [0.2, 0.25) is 5.02 Å². The minimum atomic E-state index is -0.507. The Morgan fingerprint density at radius 3 is 2.64 bits per heavy atom. The lowest BCUT2D eigenvalue weighted by molar-refractivity contribution is 0.168. The summed E-state index contributed by atoms with van der Waals surface area (Å²) in [5, 5.41) is 6.18. The van der Waals surface area contributed by atoms with E-state index in [2.05, 4.69) is 15.6 Å². The Kier molecular flexibility index (Phi) is 5.43. The number of aromatic nitrogens is 1. The average molecular weight is 322 g/mol. The molecule has 1 amide bonds. The van der Waals surface area contributed by atoms with E-state index in [1.807, 2.05) is 6.07 Å². The standard InChI is InChI=1S/C15H16ClN3O3/c1-3-22-15(20)19-11-5-7-14(17-9-11)18-10-4-6-13(21-2)12(16)8-10/h4-9H,3H2,1-2H3,(H,17,18)(H,19,20). The van der Waals surface area contributed by atoms with Gasteiger partial charge in [0.15, 0.2) is 0 Å². The molecule has 0 aliphatic rings. The molecular weight excluding hydrogens is 306 g/mol. The van der Waals surface area contributed by atoms with Gasteiger partial charge < -0.3 is 14.8 Å². The van der Waals surface area contributed by atoms with Crippen molar-refractivity contribution in [3.63, 3.8) is 0 Å². The summed E-state index contributed by atoms with van der Waals surface area (Å²) in [6.07, 6.45) is 1.02. The smallest absolute Gasteiger partial charge is 0.411 e. The van der Waals surface area contributed by atoms with Crippen LogP contribution in [0.3, 0.4) is 0 Å². The van der Waals surface area contributed by atoms with E-state index in [-0.39, 0.29) is 0 Å². The number of rotatable bonds is 5. The maximum atomic E-state index is 11.3. The number of anilines is 3. The van der Waals surface area contributed by atoms with E-state index in [1.165, 1.54) is 6.20 Å². The molecule has 7 heteroatoms. The van der Waals surface area contributed by atoms with Crippen LogP contribution in [0.4, 0.5) is 22.0 Å². The van der Waals surface area contributed by atoms with Crippen molar-refractivity contribution in [3.05, 3.63) is 41.6 Å². The van der Waals surface area contributed by atoms with Gasteiger partial charge in [0.2, 0.25) is 0 Å². The molecule has 116 valence electrons. The molecule has 22 heavy (non-hydrogen) atoms. The summed E-state index contributed by atoms with van der Waals surface area (Å²) < 4.78 is 9.88. The Labute approximate surface area is 133 Å². The lowest BCUT2D eigenvalue weighted by atomic mass is 10.3. The monoisotopic (exact) mass is 321 g/mol. The molecule has 2 rings (SSSR count). The van der Waals surface area contributed by atoms with Gasteiger partial charge in [-0.2, -0.15) is 0 Å². The zero-order chi connectivity index (χ0) is 15.9. The quantitative estimate of drug-likeness (QED) is 0.869. The number of carbonyl (C=O) groups is 1. The van der Waals surface area contributed by atoms with Crippen molar-refractivity contribution in [1.29, 1.82) is 0 Å². The molecule has 0 saturated carbocycles. The van der Waals surface area contributed by atoms with Gasteiger partial charge in [-0.3, -0.25) is 5.32 Å². The third-order valence-corrected chi connectivity index (χ3v) is 3.00. The largest absolute Gasteiger partial charge is 0.495 e. The van der Waals surface area contributed by atoms with Crippen LogP contribution in [0.25, 0.3) is 0 Å². The van der Waals surface area contributed by atoms with Crippen LogP contribution in [0.15, 0.2) is 36.5 Å². The van der Waals surface area contributed by atoms with Crippen LogP contribution in [-0.4, -0.2) is 24.8 Å². The summed E-state index contributed by atoms with van der Waals surface area (Å²) in [4.78, 5) is 15.5. The fraction of sp³-hybridized carbons (Fsp3) is 0.200. The third-order valence-electron chi connectivity index (χ3n) is 2.71. The number of benzene rings is 1. The number of ether oxygens (including phenoxy) is 2. The average Bonchev–Trinajstić information content (AvgIpc) is 2.50. The molecule has 0 fully saturated rings. The molecule has 0 unspecified atom stereocenters. The highest BCUT2D eigenvalue weighted by Gasteiger charge is 2.04. The number of pyridine rings is 1. The number of methoxy groups -OCH3 is 1. The fourth-order valence-electron chi connectivity index (χ4n) is 1.72. The van der Waals surface area contributed by atoms with Gasteiger partial charge in [-0.25, -0.2) is 9.78 Å². The van der Waals surface area contributed by atoms with Gasteiger partial charge >= 0.3 is 6.09 Å². The molecule has 0 saturated heterocycles. The highest BCUT2D eigenvalue weighted by molar-refractivity contribution is 6.32. The zero-order valence-corrected chi connectivity index (χ0v) is 13.0. The van der Waals surface area contributed by atoms with Gasteiger partial charge in [0.05, 0.1) is 30.6 Å². The maximum absolute atomic E-state index is 11.3. The normalized spacial score (nSPS) is 9.95. The van der Waals surface area contributed by atoms with Crippen LogP contribution in [0, 0.1) is 0 Å². The first-order chi connectivity index (χ1) is 10.6. The SMILES string of the molecule is CCOC(=O)Nc1ccc(Nc2ccc(OC)c(Cl)c2)nc1. The predicted molar refractivity (Wildman–Crippen MR) is 86.2 cm³/mol. The van der Waals surface area contributed by atoms with Crippen molar-refractivity contribution in [1.82, 2.24) is 4.98 Å². The van der Waals surface area contributed by atoms with Crippen LogP contribution >= 0.6 is 11.6 Å². The Morgan fingerprint density at radius 1 is 1.27 bits per heavy atom. The molecule has 2 aromatic rings. The van der Waals surface area contributed by atoms with E-state index < -0.39 is 6.09 Å². The number of halogens is 1. The number of hydrogen-bond donors (Lipinski definition) is 2. The first-order valence-electron chi connectivity index (χ1n) is 6.62. The molecule has 0 bridgehead atoms. The third kappa shape index (κ3) is 4.26. The van der Waals surface area contributed by atoms with E-state index in [9.17, 15) is 4.79 Å². The number of carbonyl (C=O) groups excluding carboxylic acids is 1. The summed E-state index contributed by atoms with van der Waals surface area (Å²) in [6.45, 7) is 2.06. The number of hydrogen-bond acceptors (Lipinski definition) is 5. The Morgan fingerprint density at radius 2 is 2.05 bits per heavy atom. The summed E-state index contributed by atoms with van der Waals surface area (Å²) >= 11 is 6.06. The minimum absolute atomic E-state index is 0.317. The lowest BCUT2D eigenvalue weighted by Crippen LogP contribution is -2.13. The summed E-state index contributed by atoms with van der Waals surface area (Å²) in [5.74, 6) is 1.23. The molecule has 0 aliphatic carbocycles. The Hall–Kier alpha value is -2.47. The molecule has 6 nitrogen and oxygen atoms in total. The van der Waals surface area contributed by atoms with E-state index in [0.717, 1.165) is 5.69 Å². The predicted octanol–water partition coefficient (Wildman–Crippen LogP) is 4.06. The number of nitrogens with one attached hydrogen (secondary N) is 2. The van der Waals surface area contributed by atoms with Crippen molar-refractivity contribution >= 4 is 34.9 Å². The molecule has 1 heterocycles. The van der Waals surface area contributed by atoms with E-state index in [4.69, 9.17) is 21.1 Å². The molecule has 0 spiro atoms. The van der Waals surface area contributed by atoms with E-state index >= 15 is 0 Å².